The van der Waals surface area contributed by atoms with E-state index < -0.39 is 4.92 Å². The fourth-order valence-corrected chi connectivity index (χ4v) is 2.65. The van der Waals surface area contributed by atoms with Crippen LogP contribution in [0, 0.1) is 10.1 Å². The van der Waals surface area contributed by atoms with Crippen LogP contribution in [0.25, 0.3) is 0 Å². The highest BCUT2D eigenvalue weighted by Crippen LogP contribution is 2.33. The maximum absolute atomic E-state index is 10.9. The molecule has 2 rings (SSSR count). The van der Waals surface area contributed by atoms with Gasteiger partial charge >= 0.3 is 0 Å². The van der Waals surface area contributed by atoms with Crippen LogP contribution in [-0.2, 0) is 0 Å². The number of aromatic nitrogens is 1. The molecule has 6 nitrogen and oxygen atoms in total. The number of nitrogens with zero attached hydrogens (tertiary/aromatic N) is 3. The van der Waals surface area contributed by atoms with Crippen LogP contribution in [0.5, 0.6) is 0 Å². The SMILES string of the molecule is CCC1CCC(C)N1c1cc([N+](=O)[O-])cc(N)n1. The van der Waals surface area contributed by atoms with E-state index in [0.717, 1.165) is 19.3 Å². The molecular formula is C12H18N4O2. The highest BCUT2D eigenvalue weighted by atomic mass is 16.6. The third kappa shape index (κ3) is 2.23. The van der Waals surface area contributed by atoms with E-state index in [1.54, 1.807) is 0 Å². The van der Waals surface area contributed by atoms with Crippen LogP contribution in [0.1, 0.15) is 33.1 Å². The predicted octanol–water partition coefficient (Wildman–Crippen LogP) is 2.34. The molecule has 1 aliphatic heterocycles. The Bertz CT molecular complexity index is 463. The van der Waals surface area contributed by atoms with Gasteiger partial charge in [-0.1, -0.05) is 6.92 Å². The Labute approximate surface area is 106 Å². The molecule has 0 aromatic carbocycles. The highest BCUT2D eigenvalue weighted by Gasteiger charge is 2.31. The summed E-state index contributed by atoms with van der Waals surface area (Å²) in [7, 11) is 0. The maximum Gasteiger partial charge on any atom is 0.276 e. The van der Waals surface area contributed by atoms with E-state index >= 15 is 0 Å². The first-order chi connectivity index (χ1) is 8.52. The van der Waals surface area contributed by atoms with Gasteiger partial charge in [-0.25, -0.2) is 4.98 Å². The molecule has 1 aromatic rings. The molecule has 0 bridgehead atoms. The van der Waals surface area contributed by atoms with Gasteiger partial charge in [0, 0.05) is 12.1 Å². The van der Waals surface area contributed by atoms with Crippen molar-refractivity contribution in [2.75, 3.05) is 10.6 Å². The molecule has 2 atom stereocenters. The average molecular weight is 250 g/mol. The Hall–Kier alpha value is -1.85. The summed E-state index contributed by atoms with van der Waals surface area (Å²) in [6, 6.07) is 3.56. The van der Waals surface area contributed by atoms with Gasteiger partial charge in [-0.2, -0.15) is 0 Å². The summed E-state index contributed by atoms with van der Waals surface area (Å²) in [6.07, 6.45) is 3.19. The Balaban J connectivity index is 2.40. The van der Waals surface area contributed by atoms with Gasteiger partial charge in [0.2, 0.25) is 0 Å². The van der Waals surface area contributed by atoms with E-state index in [1.165, 1.54) is 12.1 Å². The standard InChI is InChI=1S/C12H18N4O2/c1-3-9-5-4-8(2)15(9)12-7-10(16(17)18)6-11(13)14-12/h6-9H,3-5H2,1-2H3,(H2,13,14). The number of anilines is 2. The van der Waals surface area contributed by atoms with E-state index in [1.807, 2.05) is 0 Å². The van der Waals surface area contributed by atoms with Crippen molar-refractivity contribution in [1.82, 2.24) is 4.98 Å². The van der Waals surface area contributed by atoms with Gasteiger partial charge in [0.1, 0.15) is 11.6 Å². The van der Waals surface area contributed by atoms with Crippen molar-refractivity contribution in [3.63, 3.8) is 0 Å². The number of nitrogen functional groups attached to an aromatic ring is 1. The first-order valence-electron chi connectivity index (χ1n) is 6.23. The molecule has 0 amide bonds. The lowest BCUT2D eigenvalue weighted by Crippen LogP contribution is -2.34. The quantitative estimate of drug-likeness (QED) is 0.657. The van der Waals surface area contributed by atoms with Gasteiger partial charge in [0.15, 0.2) is 0 Å². The van der Waals surface area contributed by atoms with Crippen molar-refractivity contribution in [1.29, 1.82) is 0 Å². The van der Waals surface area contributed by atoms with Crippen LogP contribution in [-0.4, -0.2) is 22.0 Å². The molecule has 2 heterocycles. The summed E-state index contributed by atoms with van der Waals surface area (Å²) in [4.78, 5) is 16.8. The lowest BCUT2D eigenvalue weighted by molar-refractivity contribution is -0.384. The molecule has 0 radical (unpaired) electrons. The van der Waals surface area contributed by atoms with E-state index in [-0.39, 0.29) is 11.5 Å². The van der Waals surface area contributed by atoms with E-state index in [4.69, 9.17) is 5.73 Å². The lowest BCUT2D eigenvalue weighted by Gasteiger charge is -2.29. The molecule has 1 aliphatic rings. The van der Waals surface area contributed by atoms with Gasteiger partial charge in [0.05, 0.1) is 17.1 Å². The summed E-state index contributed by atoms with van der Waals surface area (Å²) in [5.41, 5.74) is 5.66. The van der Waals surface area contributed by atoms with Crippen molar-refractivity contribution in [2.24, 2.45) is 0 Å². The van der Waals surface area contributed by atoms with Crippen molar-refractivity contribution in [3.8, 4) is 0 Å². The van der Waals surface area contributed by atoms with Gasteiger partial charge < -0.3 is 10.6 Å². The minimum absolute atomic E-state index is 0.00598. The first kappa shape index (κ1) is 12.6. The highest BCUT2D eigenvalue weighted by molar-refractivity contribution is 5.55. The molecule has 18 heavy (non-hydrogen) atoms. The molecular weight excluding hydrogens is 232 g/mol. The molecule has 98 valence electrons. The smallest absolute Gasteiger partial charge is 0.276 e. The van der Waals surface area contributed by atoms with E-state index in [2.05, 4.69) is 23.7 Å². The van der Waals surface area contributed by atoms with E-state index in [0.29, 0.717) is 17.9 Å². The molecule has 1 saturated heterocycles. The molecule has 1 aromatic heterocycles. The van der Waals surface area contributed by atoms with E-state index in [9.17, 15) is 10.1 Å². The summed E-state index contributed by atoms with van der Waals surface area (Å²) >= 11 is 0. The van der Waals surface area contributed by atoms with Crippen molar-refractivity contribution < 1.29 is 4.92 Å². The normalized spacial score (nSPS) is 23.3. The van der Waals surface area contributed by atoms with Gasteiger partial charge in [0.25, 0.3) is 5.69 Å². The van der Waals surface area contributed by atoms with Crippen molar-refractivity contribution in [3.05, 3.63) is 22.2 Å². The summed E-state index contributed by atoms with van der Waals surface area (Å²) in [6.45, 7) is 4.24. The van der Waals surface area contributed by atoms with Crippen LogP contribution < -0.4 is 10.6 Å². The Kier molecular flexibility index (Phi) is 3.36. The number of rotatable bonds is 3. The summed E-state index contributed by atoms with van der Waals surface area (Å²) in [5, 5.41) is 10.9. The Morgan fingerprint density at radius 3 is 2.89 bits per heavy atom. The minimum Gasteiger partial charge on any atom is -0.383 e. The second kappa shape index (κ2) is 4.80. The van der Waals surface area contributed by atoms with Gasteiger partial charge in [-0.3, -0.25) is 10.1 Å². The van der Waals surface area contributed by atoms with Crippen molar-refractivity contribution >= 4 is 17.3 Å². The molecule has 6 heteroatoms. The first-order valence-corrected chi connectivity index (χ1v) is 6.23. The minimum atomic E-state index is -0.427. The monoisotopic (exact) mass is 250 g/mol. The molecule has 1 fully saturated rings. The molecule has 0 saturated carbocycles. The second-order valence-electron chi connectivity index (χ2n) is 4.76. The topological polar surface area (TPSA) is 85.3 Å². The zero-order valence-corrected chi connectivity index (χ0v) is 10.7. The summed E-state index contributed by atoms with van der Waals surface area (Å²) < 4.78 is 0. The second-order valence-corrected chi connectivity index (χ2v) is 4.76. The predicted molar refractivity (Wildman–Crippen MR) is 70.6 cm³/mol. The number of hydrogen-bond donors (Lipinski definition) is 1. The number of nitro groups is 1. The molecule has 0 aliphatic carbocycles. The van der Waals surface area contributed by atoms with Crippen LogP contribution in [0.4, 0.5) is 17.3 Å². The Morgan fingerprint density at radius 2 is 2.28 bits per heavy atom. The summed E-state index contributed by atoms with van der Waals surface area (Å²) in [5.74, 6) is 0.826. The lowest BCUT2D eigenvalue weighted by atomic mass is 10.1. The number of hydrogen-bond acceptors (Lipinski definition) is 5. The van der Waals surface area contributed by atoms with Crippen molar-refractivity contribution in [2.45, 2.75) is 45.2 Å². The third-order valence-electron chi connectivity index (χ3n) is 3.55. The molecule has 2 unspecified atom stereocenters. The molecule has 2 N–H and O–H groups in total. The third-order valence-corrected chi connectivity index (χ3v) is 3.55. The molecule has 0 spiro atoms. The fraction of sp³-hybridized carbons (Fsp3) is 0.583. The largest absolute Gasteiger partial charge is 0.383 e. The van der Waals surface area contributed by atoms with Gasteiger partial charge in [-0.05, 0) is 26.2 Å². The average Bonchev–Trinajstić information content (AvgIpc) is 2.69. The Morgan fingerprint density at radius 1 is 1.56 bits per heavy atom. The zero-order chi connectivity index (χ0) is 13.3. The van der Waals surface area contributed by atoms with Crippen LogP contribution >= 0.6 is 0 Å². The zero-order valence-electron chi connectivity index (χ0n) is 10.7. The van der Waals surface area contributed by atoms with Crippen LogP contribution in [0.3, 0.4) is 0 Å². The van der Waals surface area contributed by atoms with Crippen LogP contribution in [0.2, 0.25) is 0 Å². The fourth-order valence-electron chi connectivity index (χ4n) is 2.65. The van der Waals surface area contributed by atoms with Gasteiger partial charge in [-0.15, -0.1) is 0 Å². The van der Waals surface area contributed by atoms with Crippen LogP contribution in [0.15, 0.2) is 12.1 Å². The number of pyridine rings is 1. The number of nitrogens with two attached hydrogens (primary N) is 1. The maximum atomic E-state index is 10.9.